The SMILES string of the molecule is COc1ccc(CCC(=O)N(C)Cc2ccccc2Cl)c(OC)c1OC. The van der Waals surface area contributed by atoms with Crippen molar-refractivity contribution in [3.8, 4) is 17.2 Å². The van der Waals surface area contributed by atoms with Crippen LogP contribution < -0.4 is 14.2 Å². The van der Waals surface area contributed by atoms with Gasteiger partial charge in [-0.05, 0) is 29.7 Å². The smallest absolute Gasteiger partial charge is 0.222 e. The van der Waals surface area contributed by atoms with E-state index < -0.39 is 0 Å². The molecule has 0 aliphatic carbocycles. The molecule has 0 aliphatic rings. The van der Waals surface area contributed by atoms with Crippen LogP contribution in [0.4, 0.5) is 0 Å². The Bertz CT molecular complexity index is 763. The van der Waals surface area contributed by atoms with Crippen molar-refractivity contribution in [1.29, 1.82) is 0 Å². The lowest BCUT2D eigenvalue weighted by atomic mass is 10.1. The molecule has 0 heterocycles. The van der Waals surface area contributed by atoms with Crippen LogP contribution >= 0.6 is 11.6 Å². The van der Waals surface area contributed by atoms with Crippen molar-refractivity contribution < 1.29 is 19.0 Å². The van der Waals surface area contributed by atoms with Gasteiger partial charge in [0.1, 0.15) is 0 Å². The van der Waals surface area contributed by atoms with Crippen LogP contribution in [0.5, 0.6) is 17.2 Å². The predicted molar refractivity (Wildman–Crippen MR) is 102 cm³/mol. The summed E-state index contributed by atoms with van der Waals surface area (Å²) in [6.45, 7) is 0.474. The number of rotatable bonds is 8. The zero-order valence-electron chi connectivity index (χ0n) is 15.5. The summed E-state index contributed by atoms with van der Waals surface area (Å²) in [5, 5.41) is 0.661. The highest BCUT2D eigenvalue weighted by molar-refractivity contribution is 6.31. The molecule has 0 saturated carbocycles. The Morgan fingerprint density at radius 1 is 0.962 bits per heavy atom. The van der Waals surface area contributed by atoms with E-state index in [1.807, 2.05) is 36.4 Å². The Morgan fingerprint density at radius 3 is 2.27 bits per heavy atom. The first-order valence-electron chi connectivity index (χ1n) is 8.27. The van der Waals surface area contributed by atoms with E-state index >= 15 is 0 Å². The van der Waals surface area contributed by atoms with Gasteiger partial charge < -0.3 is 19.1 Å². The maximum absolute atomic E-state index is 12.5. The molecule has 1 amide bonds. The van der Waals surface area contributed by atoms with Crippen molar-refractivity contribution in [1.82, 2.24) is 4.90 Å². The van der Waals surface area contributed by atoms with Gasteiger partial charge in [0.25, 0.3) is 0 Å². The van der Waals surface area contributed by atoms with Crippen LogP contribution in [-0.4, -0.2) is 39.2 Å². The highest BCUT2D eigenvalue weighted by atomic mass is 35.5. The number of nitrogens with zero attached hydrogens (tertiary/aromatic N) is 1. The Morgan fingerprint density at radius 2 is 1.65 bits per heavy atom. The van der Waals surface area contributed by atoms with Crippen molar-refractivity contribution in [3.05, 3.63) is 52.5 Å². The van der Waals surface area contributed by atoms with E-state index in [-0.39, 0.29) is 5.91 Å². The van der Waals surface area contributed by atoms with Gasteiger partial charge in [0.15, 0.2) is 11.5 Å². The highest BCUT2D eigenvalue weighted by Crippen LogP contribution is 2.40. The van der Waals surface area contributed by atoms with Crippen LogP contribution in [0.1, 0.15) is 17.5 Å². The lowest BCUT2D eigenvalue weighted by molar-refractivity contribution is -0.130. The van der Waals surface area contributed by atoms with Crippen LogP contribution in [0.25, 0.3) is 0 Å². The van der Waals surface area contributed by atoms with Crippen LogP contribution in [0, 0.1) is 0 Å². The molecule has 0 aliphatic heterocycles. The number of amides is 1. The number of hydrogen-bond donors (Lipinski definition) is 0. The molecule has 0 bridgehead atoms. The molecule has 2 rings (SSSR count). The van der Waals surface area contributed by atoms with Gasteiger partial charge in [-0.2, -0.15) is 0 Å². The Balaban J connectivity index is 2.06. The second-order valence-electron chi connectivity index (χ2n) is 5.83. The monoisotopic (exact) mass is 377 g/mol. The second kappa shape index (κ2) is 9.34. The maximum Gasteiger partial charge on any atom is 0.222 e. The van der Waals surface area contributed by atoms with Crippen LogP contribution in [-0.2, 0) is 17.8 Å². The highest BCUT2D eigenvalue weighted by Gasteiger charge is 2.17. The topological polar surface area (TPSA) is 48.0 Å². The summed E-state index contributed by atoms with van der Waals surface area (Å²) in [5.74, 6) is 1.75. The zero-order chi connectivity index (χ0) is 19.1. The van der Waals surface area contributed by atoms with E-state index in [1.54, 1.807) is 33.3 Å². The van der Waals surface area contributed by atoms with Gasteiger partial charge in [-0.1, -0.05) is 35.9 Å². The molecule has 0 saturated heterocycles. The zero-order valence-corrected chi connectivity index (χ0v) is 16.3. The van der Waals surface area contributed by atoms with Crippen LogP contribution in [0.3, 0.4) is 0 Å². The van der Waals surface area contributed by atoms with Crippen molar-refractivity contribution >= 4 is 17.5 Å². The maximum atomic E-state index is 12.5. The first-order chi connectivity index (χ1) is 12.5. The van der Waals surface area contributed by atoms with Crippen LogP contribution in [0.15, 0.2) is 36.4 Å². The largest absolute Gasteiger partial charge is 0.493 e. The van der Waals surface area contributed by atoms with E-state index in [9.17, 15) is 4.79 Å². The normalized spacial score (nSPS) is 10.3. The molecular weight excluding hydrogens is 354 g/mol. The van der Waals surface area contributed by atoms with Gasteiger partial charge in [-0.25, -0.2) is 0 Å². The fraction of sp³-hybridized carbons (Fsp3) is 0.350. The molecular formula is C20H24ClNO4. The van der Waals surface area contributed by atoms with E-state index in [1.165, 1.54) is 0 Å². The van der Waals surface area contributed by atoms with E-state index in [0.29, 0.717) is 41.7 Å². The third-order valence-corrected chi connectivity index (χ3v) is 4.55. The fourth-order valence-electron chi connectivity index (χ4n) is 2.76. The summed E-state index contributed by atoms with van der Waals surface area (Å²) in [6.07, 6.45) is 0.891. The summed E-state index contributed by atoms with van der Waals surface area (Å²) in [5.41, 5.74) is 1.82. The Hall–Kier alpha value is -2.40. The second-order valence-corrected chi connectivity index (χ2v) is 6.24. The molecule has 0 aromatic heterocycles. The van der Waals surface area contributed by atoms with Crippen molar-refractivity contribution in [3.63, 3.8) is 0 Å². The summed E-state index contributed by atoms with van der Waals surface area (Å²) >= 11 is 6.17. The lowest BCUT2D eigenvalue weighted by Crippen LogP contribution is -2.26. The van der Waals surface area contributed by atoms with Crippen molar-refractivity contribution in [2.45, 2.75) is 19.4 Å². The number of carbonyl (C=O) groups is 1. The molecule has 2 aromatic rings. The van der Waals surface area contributed by atoms with Gasteiger partial charge in [-0.3, -0.25) is 4.79 Å². The number of aryl methyl sites for hydroxylation is 1. The molecule has 6 heteroatoms. The molecule has 140 valence electrons. The van der Waals surface area contributed by atoms with Gasteiger partial charge in [0.05, 0.1) is 21.3 Å². The Kier molecular flexibility index (Phi) is 7.16. The lowest BCUT2D eigenvalue weighted by Gasteiger charge is -2.19. The molecule has 2 aromatic carbocycles. The Labute approximate surface area is 159 Å². The predicted octanol–water partition coefficient (Wildman–Crippen LogP) is 3.96. The molecule has 5 nitrogen and oxygen atoms in total. The minimum Gasteiger partial charge on any atom is -0.493 e. The van der Waals surface area contributed by atoms with Crippen molar-refractivity contribution in [2.24, 2.45) is 0 Å². The molecule has 0 unspecified atom stereocenters. The third-order valence-electron chi connectivity index (χ3n) is 4.19. The van der Waals surface area contributed by atoms with Crippen LogP contribution in [0.2, 0.25) is 5.02 Å². The standard InChI is InChI=1S/C20H24ClNO4/c1-22(13-15-7-5-6-8-16(15)21)18(23)12-10-14-9-11-17(24-2)20(26-4)19(14)25-3/h5-9,11H,10,12-13H2,1-4H3. The summed E-state index contributed by atoms with van der Waals surface area (Å²) < 4.78 is 16.1. The average Bonchev–Trinajstić information content (AvgIpc) is 2.66. The van der Waals surface area contributed by atoms with Gasteiger partial charge in [-0.15, -0.1) is 0 Å². The fourth-order valence-corrected chi connectivity index (χ4v) is 2.96. The van der Waals surface area contributed by atoms with Gasteiger partial charge in [0, 0.05) is 25.0 Å². The number of halogens is 1. The van der Waals surface area contributed by atoms with E-state index in [0.717, 1.165) is 11.1 Å². The molecule has 0 N–H and O–H groups in total. The first-order valence-corrected chi connectivity index (χ1v) is 8.64. The number of carbonyl (C=O) groups excluding carboxylic acids is 1. The first kappa shape index (κ1) is 19.9. The quantitative estimate of drug-likeness (QED) is 0.698. The minimum absolute atomic E-state index is 0.0294. The molecule has 0 spiro atoms. The van der Waals surface area contributed by atoms with Gasteiger partial charge >= 0.3 is 0 Å². The average molecular weight is 378 g/mol. The van der Waals surface area contributed by atoms with E-state index in [4.69, 9.17) is 25.8 Å². The molecule has 0 radical (unpaired) electrons. The summed E-state index contributed by atoms with van der Waals surface area (Å²) in [4.78, 5) is 14.2. The number of ether oxygens (including phenoxy) is 3. The summed E-state index contributed by atoms with van der Waals surface area (Å²) in [7, 11) is 6.49. The van der Waals surface area contributed by atoms with Gasteiger partial charge in [0.2, 0.25) is 11.7 Å². The summed E-state index contributed by atoms with van der Waals surface area (Å²) in [6, 6.07) is 11.2. The minimum atomic E-state index is 0.0294. The number of methoxy groups -OCH3 is 3. The molecule has 0 atom stereocenters. The number of hydrogen-bond acceptors (Lipinski definition) is 4. The third kappa shape index (κ3) is 4.61. The van der Waals surface area contributed by atoms with E-state index in [2.05, 4.69) is 0 Å². The molecule has 0 fully saturated rings. The number of benzene rings is 2. The molecule has 26 heavy (non-hydrogen) atoms. The van der Waals surface area contributed by atoms with Crippen molar-refractivity contribution in [2.75, 3.05) is 28.4 Å².